The van der Waals surface area contributed by atoms with Crippen LogP contribution in [0, 0.1) is 11.3 Å². The largest absolute Gasteiger partial charge is 0.481 e. The Morgan fingerprint density at radius 3 is 2.63 bits per heavy atom. The maximum atomic E-state index is 11.5. The van der Waals surface area contributed by atoms with Gasteiger partial charge >= 0.3 is 11.9 Å². The maximum Gasteiger partial charge on any atom is 0.314 e. The first-order chi connectivity index (χ1) is 8.86. The SMILES string of the molecule is CC1(C(=O)O)C=C(c2cccs2)CC(C(=O)O)C1N. The molecule has 0 saturated heterocycles. The fourth-order valence-electron chi connectivity index (χ4n) is 2.38. The lowest BCUT2D eigenvalue weighted by Gasteiger charge is -2.37. The van der Waals surface area contributed by atoms with E-state index in [1.807, 2.05) is 17.5 Å². The van der Waals surface area contributed by atoms with Gasteiger partial charge in [0.05, 0.1) is 11.3 Å². The first-order valence-corrected chi connectivity index (χ1v) is 6.71. The van der Waals surface area contributed by atoms with Crippen LogP contribution in [0.5, 0.6) is 0 Å². The van der Waals surface area contributed by atoms with Gasteiger partial charge in [0.1, 0.15) is 0 Å². The van der Waals surface area contributed by atoms with Crippen LogP contribution in [-0.2, 0) is 9.59 Å². The molecule has 102 valence electrons. The van der Waals surface area contributed by atoms with Crippen LogP contribution in [0.4, 0.5) is 0 Å². The summed E-state index contributed by atoms with van der Waals surface area (Å²) in [5, 5.41) is 20.5. The van der Waals surface area contributed by atoms with E-state index in [0.717, 1.165) is 10.5 Å². The molecule has 1 aromatic heterocycles. The molecular formula is C13H15NO4S. The average molecular weight is 281 g/mol. The van der Waals surface area contributed by atoms with Gasteiger partial charge in [-0.2, -0.15) is 0 Å². The number of carbonyl (C=O) groups is 2. The Morgan fingerprint density at radius 1 is 1.47 bits per heavy atom. The first-order valence-electron chi connectivity index (χ1n) is 5.83. The highest BCUT2D eigenvalue weighted by atomic mass is 32.1. The number of thiophene rings is 1. The van der Waals surface area contributed by atoms with Crippen molar-refractivity contribution in [2.75, 3.05) is 0 Å². The number of carboxylic acid groups (broad SMARTS) is 2. The van der Waals surface area contributed by atoms with Crippen molar-refractivity contribution in [1.82, 2.24) is 0 Å². The van der Waals surface area contributed by atoms with E-state index in [1.165, 1.54) is 18.3 Å². The van der Waals surface area contributed by atoms with E-state index in [-0.39, 0.29) is 6.42 Å². The van der Waals surface area contributed by atoms with E-state index >= 15 is 0 Å². The molecule has 0 spiro atoms. The third kappa shape index (κ3) is 2.29. The van der Waals surface area contributed by atoms with E-state index in [0.29, 0.717) is 0 Å². The molecule has 4 N–H and O–H groups in total. The zero-order chi connectivity index (χ0) is 14.2. The van der Waals surface area contributed by atoms with Crippen LogP contribution in [0.1, 0.15) is 18.2 Å². The van der Waals surface area contributed by atoms with E-state index < -0.39 is 29.3 Å². The molecule has 0 radical (unpaired) electrons. The lowest BCUT2D eigenvalue weighted by Crippen LogP contribution is -2.53. The number of rotatable bonds is 3. The topological polar surface area (TPSA) is 101 Å². The van der Waals surface area contributed by atoms with Gasteiger partial charge in [0, 0.05) is 10.9 Å². The molecule has 0 amide bonds. The second-order valence-corrected chi connectivity index (χ2v) is 5.86. The Hall–Kier alpha value is -1.66. The predicted molar refractivity (Wildman–Crippen MR) is 71.8 cm³/mol. The third-order valence-corrected chi connectivity index (χ3v) is 4.60. The molecule has 19 heavy (non-hydrogen) atoms. The number of nitrogens with two attached hydrogens (primary N) is 1. The number of hydrogen-bond acceptors (Lipinski definition) is 4. The van der Waals surface area contributed by atoms with Crippen LogP contribution in [0.3, 0.4) is 0 Å². The highest BCUT2D eigenvalue weighted by molar-refractivity contribution is 7.11. The van der Waals surface area contributed by atoms with Crippen molar-refractivity contribution in [2.45, 2.75) is 19.4 Å². The highest BCUT2D eigenvalue weighted by Gasteiger charge is 2.47. The van der Waals surface area contributed by atoms with Crippen LogP contribution in [0.25, 0.3) is 5.57 Å². The lowest BCUT2D eigenvalue weighted by atomic mass is 9.68. The molecule has 1 aliphatic carbocycles. The summed E-state index contributed by atoms with van der Waals surface area (Å²) in [4.78, 5) is 23.6. The summed E-state index contributed by atoms with van der Waals surface area (Å²) in [7, 11) is 0. The quantitative estimate of drug-likeness (QED) is 0.782. The minimum Gasteiger partial charge on any atom is -0.481 e. The second kappa shape index (κ2) is 4.79. The second-order valence-electron chi connectivity index (χ2n) is 4.91. The summed E-state index contributed by atoms with van der Waals surface area (Å²) in [5.41, 5.74) is 5.26. The summed E-state index contributed by atoms with van der Waals surface area (Å²) in [5.74, 6) is -3.04. The Kier molecular flexibility index (Phi) is 3.47. The van der Waals surface area contributed by atoms with Gasteiger partial charge in [-0.15, -0.1) is 11.3 Å². The van der Waals surface area contributed by atoms with Gasteiger partial charge in [-0.25, -0.2) is 0 Å². The summed E-state index contributed by atoms with van der Waals surface area (Å²) in [6, 6.07) is 2.77. The smallest absolute Gasteiger partial charge is 0.314 e. The molecule has 0 fully saturated rings. The molecule has 0 aliphatic heterocycles. The summed E-state index contributed by atoms with van der Waals surface area (Å²) >= 11 is 1.46. The number of aliphatic carboxylic acids is 2. The Balaban J connectivity index is 2.50. The van der Waals surface area contributed by atoms with Crippen molar-refractivity contribution >= 4 is 28.8 Å². The van der Waals surface area contributed by atoms with Gasteiger partial charge in [0.25, 0.3) is 0 Å². The van der Waals surface area contributed by atoms with Crippen LogP contribution in [0.15, 0.2) is 23.6 Å². The normalized spacial score (nSPS) is 30.7. The van der Waals surface area contributed by atoms with E-state index in [1.54, 1.807) is 6.08 Å². The van der Waals surface area contributed by atoms with Crippen LogP contribution in [0.2, 0.25) is 0 Å². The molecule has 0 bridgehead atoms. The highest BCUT2D eigenvalue weighted by Crippen LogP contribution is 2.41. The molecule has 3 unspecified atom stereocenters. The van der Waals surface area contributed by atoms with E-state index in [2.05, 4.69) is 0 Å². The standard InChI is InChI=1S/C13H15NO4S/c1-13(12(17)18)6-7(9-3-2-4-19-9)5-8(10(13)14)11(15)16/h2-4,6,8,10H,5,14H2,1H3,(H,15,16)(H,17,18). The molecule has 6 heteroatoms. The Labute approximate surface area is 114 Å². The number of allylic oxidation sites excluding steroid dienone is 1. The van der Waals surface area contributed by atoms with Gasteiger partial charge in [-0.3, -0.25) is 9.59 Å². The van der Waals surface area contributed by atoms with Gasteiger partial charge in [-0.1, -0.05) is 12.1 Å². The monoisotopic (exact) mass is 281 g/mol. The first kappa shape index (κ1) is 13.8. The summed E-state index contributed by atoms with van der Waals surface area (Å²) < 4.78 is 0. The van der Waals surface area contributed by atoms with Crippen LogP contribution < -0.4 is 5.73 Å². The van der Waals surface area contributed by atoms with Gasteiger partial charge in [-0.05, 0) is 30.4 Å². The molecule has 5 nitrogen and oxygen atoms in total. The molecule has 1 heterocycles. The number of carboxylic acids is 2. The Morgan fingerprint density at radius 2 is 2.16 bits per heavy atom. The third-order valence-electron chi connectivity index (χ3n) is 3.66. The molecule has 1 aliphatic rings. The van der Waals surface area contributed by atoms with Crippen molar-refractivity contribution in [2.24, 2.45) is 17.1 Å². The molecule has 3 atom stereocenters. The van der Waals surface area contributed by atoms with Crippen molar-refractivity contribution in [3.8, 4) is 0 Å². The summed E-state index contributed by atoms with van der Waals surface area (Å²) in [6.45, 7) is 1.47. The van der Waals surface area contributed by atoms with Crippen molar-refractivity contribution in [3.63, 3.8) is 0 Å². The predicted octanol–water partition coefficient (Wildman–Crippen LogP) is 1.65. The van der Waals surface area contributed by atoms with E-state index in [4.69, 9.17) is 5.73 Å². The zero-order valence-corrected chi connectivity index (χ0v) is 11.2. The van der Waals surface area contributed by atoms with Crippen molar-refractivity contribution < 1.29 is 19.8 Å². The average Bonchev–Trinajstić information content (AvgIpc) is 2.85. The van der Waals surface area contributed by atoms with Gasteiger partial charge in [0.15, 0.2) is 0 Å². The minimum atomic E-state index is -1.36. The van der Waals surface area contributed by atoms with Crippen LogP contribution in [-0.4, -0.2) is 28.2 Å². The van der Waals surface area contributed by atoms with Gasteiger partial charge < -0.3 is 15.9 Å². The summed E-state index contributed by atoms with van der Waals surface area (Å²) in [6.07, 6.45) is 1.87. The van der Waals surface area contributed by atoms with Crippen LogP contribution >= 0.6 is 11.3 Å². The maximum absolute atomic E-state index is 11.5. The molecular weight excluding hydrogens is 266 g/mol. The van der Waals surface area contributed by atoms with Crippen molar-refractivity contribution in [1.29, 1.82) is 0 Å². The lowest BCUT2D eigenvalue weighted by molar-refractivity contribution is -0.150. The molecule has 1 aromatic rings. The van der Waals surface area contributed by atoms with Crippen molar-refractivity contribution in [3.05, 3.63) is 28.5 Å². The van der Waals surface area contributed by atoms with E-state index in [9.17, 15) is 19.8 Å². The molecule has 0 saturated carbocycles. The number of hydrogen-bond donors (Lipinski definition) is 3. The molecule has 0 aromatic carbocycles. The minimum absolute atomic E-state index is 0.264. The zero-order valence-electron chi connectivity index (χ0n) is 10.4. The molecule has 2 rings (SSSR count). The fraction of sp³-hybridized carbons (Fsp3) is 0.385. The van der Waals surface area contributed by atoms with Gasteiger partial charge in [0.2, 0.25) is 0 Å². The Bertz CT molecular complexity index is 537. The fourth-order valence-corrected chi connectivity index (χ4v) is 3.13.